The average Bonchev–Trinajstić information content (AvgIpc) is 2.74. The van der Waals surface area contributed by atoms with E-state index in [2.05, 4.69) is 0 Å². The molecule has 0 heterocycles. The Labute approximate surface area is 168 Å². The summed E-state index contributed by atoms with van der Waals surface area (Å²) in [6.07, 6.45) is 1.50. The summed E-state index contributed by atoms with van der Waals surface area (Å²) in [5.41, 5.74) is 3.27. The number of nitro benzene ring substituents is 1. The van der Waals surface area contributed by atoms with Gasteiger partial charge in [0, 0.05) is 29.7 Å². The third-order valence-corrected chi connectivity index (χ3v) is 4.54. The van der Waals surface area contributed by atoms with Crippen LogP contribution in [0.25, 0.3) is 5.57 Å². The van der Waals surface area contributed by atoms with Gasteiger partial charge in [0.05, 0.1) is 4.92 Å². The number of non-ortho nitro benzene ring substituents is 1. The Morgan fingerprint density at radius 3 is 2.00 bits per heavy atom. The molecule has 0 spiro atoms. The number of nitro groups is 1. The fourth-order valence-electron chi connectivity index (χ4n) is 2.89. The van der Waals surface area contributed by atoms with Crippen LogP contribution in [0.3, 0.4) is 0 Å². The standard InChI is InChI=1S/C24H19NO4/c1-17-7-9-19(10-8-17)23(26)15-21(18-5-3-2-4-6-18)16-24(27)20-11-13-22(14-12-20)25(28)29/h2-15H,16H2,1H3. The Hall–Kier alpha value is -3.86. The summed E-state index contributed by atoms with van der Waals surface area (Å²) in [4.78, 5) is 35.8. The van der Waals surface area contributed by atoms with Crippen molar-refractivity contribution >= 4 is 22.8 Å². The lowest BCUT2D eigenvalue weighted by Crippen LogP contribution is -2.04. The van der Waals surface area contributed by atoms with Gasteiger partial charge in [-0.05, 0) is 36.3 Å². The van der Waals surface area contributed by atoms with Gasteiger partial charge in [0.2, 0.25) is 0 Å². The summed E-state index contributed by atoms with van der Waals surface area (Å²) in [7, 11) is 0. The number of hydrogen-bond acceptors (Lipinski definition) is 4. The highest BCUT2D eigenvalue weighted by atomic mass is 16.6. The number of benzene rings is 3. The van der Waals surface area contributed by atoms with Crippen molar-refractivity contribution < 1.29 is 14.5 Å². The van der Waals surface area contributed by atoms with Gasteiger partial charge in [-0.15, -0.1) is 0 Å². The van der Waals surface area contributed by atoms with Crippen LogP contribution in [0.1, 0.15) is 38.3 Å². The van der Waals surface area contributed by atoms with Crippen LogP contribution in [0.15, 0.2) is 84.9 Å². The van der Waals surface area contributed by atoms with E-state index < -0.39 is 4.92 Å². The second-order valence-electron chi connectivity index (χ2n) is 6.67. The van der Waals surface area contributed by atoms with E-state index in [0.29, 0.717) is 16.7 Å². The molecule has 3 aromatic rings. The number of allylic oxidation sites excluding steroid dienone is 2. The van der Waals surface area contributed by atoms with Crippen molar-refractivity contribution in [2.45, 2.75) is 13.3 Å². The lowest BCUT2D eigenvalue weighted by atomic mass is 9.95. The third-order valence-electron chi connectivity index (χ3n) is 4.54. The fourth-order valence-corrected chi connectivity index (χ4v) is 2.89. The molecule has 0 aliphatic heterocycles. The van der Waals surface area contributed by atoms with Gasteiger partial charge in [0.25, 0.3) is 5.69 Å². The average molecular weight is 385 g/mol. The first-order valence-corrected chi connectivity index (χ1v) is 9.08. The Kier molecular flexibility index (Phi) is 6.09. The number of carbonyl (C=O) groups is 2. The molecule has 5 heteroatoms. The number of aryl methyl sites for hydroxylation is 1. The quantitative estimate of drug-likeness (QED) is 0.235. The Balaban J connectivity index is 1.89. The minimum Gasteiger partial charge on any atom is -0.294 e. The van der Waals surface area contributed by atoms with Gasteiger partial charge in [-0.3, -0.25) is 19.7 Å². The Bertz CT molecular complexity index is 1070. The van der Waals surface area contributed by atoms with Crippen LogP contribution in [-0.4, -0.2) is 16.5 Å². The molecule has 3 rings (SSSR count). The zero-order valence-corrected chi connectivity index (χ0v) is 15.9. The molecule has 0 radical (unpaired) electrons. The van der Waals surface area contributed by atoms with Crippen molar-refractivity contribution in [2.75, 3.05) is 0 Å². The molecule has 144 valence electrons. The summed E-state index contributed by atoms with van der Waals surface area (Å²) in [5, 5.41) is 10.8. The molecule has 0 saturated heterocycles. The summed E-state index contributed by atoms with van der Waals surface area (Å²) in [6.45, 7) is 1.95. The van der Waals surface area contributed by atoms with Crippen LogP contribution in [0.2, 0.25) is 0 Å². The maximum Gasteiger partial charge on any atom is 0.269 e. The molecule has 0 amide bonds. The fraction of sp³-hybridized carbons (Fsp3) is 0.0833. The van der Waals surface area contributed by atoms with Crippen LogP contribution >= 0.6 is 0 Å². The minimum atomic E-state index is -0.510. The molecule has 0 saturated carbocycles. The van der Waals surface area contributed by atoms with E-state index in [1.165, 1.54) is 30.3 Å². The van der Waals surface area contributed by atoms with E-state index in [1.807, 2.05) is 49.4 Å². The van der Waals surface area contributed by atoms with E-state index in [4.69, 9.17) is 0 Å². The van der Waals surface area contributed by atoms with E-state index >= 15 is 0 Å². The number of rotatable bonds is 7. The predicted octanol–water partition coefficient (Wildman–Crippen LogP) is 5.44. The maximum atomic E-state index is 12.8. The highest BCUT2D eigenvalue weighted by Gasteiger charge is 2.14. The van der Waals surface area contributed by atoms with Gasteiger partial charge in [-0.1, -0.05) is 60.2 Å². The highest BCUT2D eigenvalue weighted by molar-refractivity contribution is 6.11. The summed E-state index contributed by atoms with van der Waals surface area (Å²) >= 11 is 0. The Morgan fingerprint density at radius 1 is 0.828 bits per heavy atom. The van der Waals surface area contributed by atoms with Crippen molar-refractivity contribution in [2.24, 2.45) is 0 Å². The molecule has 5 nitrogen and oxygen atoms in total. The van der Waals surface area contributed by atoms with Gasteiger partial charge in [-0.25, -0.2) is 0 Å². The topological polar surface area (TPSA) is 77.3 Å². The van der Waals surface area contributed by atoms with Crippen LogP contribution in [0, 0.1) is 17.0 Å². The maximum absolute atomic E-state index is 12.8. The molecule has 0 atom stereocenters. The number of carbonyl (C=O) groups excluding carboxylic acids is 2. The molecular formula is C24H19NO4. The second-order valence-corrected chi connectivity index (χ2v) is 6.67. The number of ketones is 2. The van der Waals surface area contributed by atoms with Crippen molar-refractivity contribution in [1.29, 1.82) is 0 Å². The zero-order valence-electron chi connectivity index (χ0n) is 15.9. The van der Waals surface area contributed by atoms with E-state index in [0.717, 1.165) is 11.1 Å². The first-order chi connectivity index (χ1) is 13.9. The van der Waals surface area contributed by atoms with Crippen LogP contribution in [0.5, 0.6) is 0 Å². The van der Waals surface area contributed by atoms with Crippen molar-refractivity contribution in [3.05, 3.63) is 117 Å². The second kappa shape index (κ2) is 8.89. The van der Waals surface area contributed by atoms with E-state index in [-0.39, 0.29) is 23.7 Å². The molecule has 0 fully saturated rings. The first-order valence-electron chi connectivity index (χ1n) is 9.08. The van der Waals surface area contributed by atoms with Gasteiger partial charge < -0.3 is 0 Å². The van der Waals surface area contributed by atoms with Gasteiger partial charge in [-0.2, -0.15) is 0 Å². The van der Waals surface area contributed by atoms with Gasteiger partial charge in [0.1, 0.15) is 0 Å². The molecule has 0 bridgehead atoms. The monoisotopic (exact) mass is 385 g/mol. The van der Waals surface area contributed by atoms with E-state index in [9.17, 15) is 19.7 Å². The molecule has 29 heavy (non-hydrogen) atoms. The Morgan fingerprint density at radius 2 is 1.41 bits per heavy atom. The first kappa shape index (κ1) is 19.9. The molecule has 0 aliphatic rings. The number of nitrogens with zero attached hydrogens (tertiary/aromatic N) is 1. The third kappa shape index (κ3) is 5.11. The van der Waals surface area contributed by atoms with Crippen LogP contribution in [-0.2, 0) is 0 Å². The SMILES string of the molecule is Cc1ccc(C(=O)C=C(CC(=O)c2ccc([N+](=O)[O-])cc2)c2ccccc2)cc1. The smallest absolute Gasteiger partial charge is 0.269 e. The van der Waals surface area contributed by atoms with E-state index in [1.54, 1.807) is 12.1 Å². The molecule has 3 aromatic carbocycles. The van der Waals surface area contributed by atoms with Crippen molar-refractivity contribution in [1.82, 2.24) is 0 Å². The molecule has 0 aromatic heterocycles. The molecule has 0 unspecified atom stereocenters. The molecular weight excluding hydrogens is 366 g/mol. The lowest BCUT2D eigenvalue weighted by molar-refractivity contribution is -0.384. The van der Waals surface area contributed by atoms with Crippen molar-refractivity contribution in [3.63, 3.8) is 0 Å². The largest absolute Gasteiger partial charge is 0.294 e. The van der Waals surface area contributed by atoms with Crippen LogP contribution in [0.4, 0.5) is 5.69 Å². The summed E-state index contributed by atoms with van der Waals surface area (Å²) in [5.74, 6) is -0.396. The molecule has 0 aliphatic carbocycles. The normalized spacial score (nSPS) is 11.1. The number of Topliss-reactive ketones (excluding diaryl/α,β-unsaturated/α-hetero) is 1. The zero-order chi connectivity index (χ0) is 20.8. The minimum absolute atomic E-state index is 0.0133. The summed E-state index contributed by atoms with van der Waals surface area (Å²) < 4.78 is 0. The van der Waals surface area contributed by atoms with Gasteiger partial charge in [0.15, 0.2) is 11.6 Å². The predicted molar refractivity (Wildman–Crippen MR) is 112 cm³/mol. The van der Waals surface area contributed by atoms with Crippen molar-refractivity contribution in [3.8, 4) is 0 Å². The highest BCUT2D eigenvalue weighted by Crippen LogP contribution is 2.23. The van der Waals surface area contributed by atoms with Crippen LogP contribution < -0.4 is 0 Å². The summed E-state index contributed by atoms with van der Waals surface area (Å²) in [6, 6.07) is 22.0. The number of hydrogen-bond donors (Lipinski definition) is 0. The molecule has 0 N–H and O–H groups in total. The van der Waals surface area contributed by atoms with Gasteiger partial charge >= 0.3 is 0 Å². The lowest BCUT2D eigenvalue weighted by Gasteiger charge is -2.08.